The average molecular weight is 385 g/mol. The molecule has 0 amide bonds. The summed E-state index contributed by atoms with van der Waals surface area (Å²) in [6, 6.07) is 0. The normalized spacial score (nSPS) is 11.7. The van der Waals surface area contributed by atoms with Gasteiger partial charge in [0, 0.05) is 12.5 Å². The molecule has 0 aromatic heterocycles. The number of aliphatic carboxylic acids is 1. The molecular weight excluding hydrogens is 339 g/mol. The van der Waals surface area contributed by atoms with Crippen molar-refractivity contribution >= 4 is 22.6 Å². The van der Waals surface area contributed by atoms with Crippen molar-refractivity contribution in [3.63, 3.8) is 0 Å². The van der Waals surface area contributed by atoms with Gasteiger partial charge in [-0.05, 0) is 19.8 Å². The first-order valence-corrected chi connectivity index (χ1v) is 11.6. The van der Waals surface area contributed by atoms with Crippen molar-refractivity contribution in [3.8, 4) is 0 Å². The van der Waals surface area contributed by atoms with Crippen molar-refractivity contribution in [3.05, 3.63) is 0 Å². The standard InChI is InChI=1S/C18H36O2.C4H9O.Al/c1-2-3-4-5-6-7-8-9-10-11-12-13-14-15-16-17-18(19)20;1-3-4(2)5;/h2-17H2,1H3,(H,19,20);4H,3H2,1-2H3;/q;-1;+1. The van der Waals surface area contributed by atoms with E-state index in [0.29, 0.717) is 12.5 Å². The van der Waals surface area contributed by atoms with Crippen molar-refractivity contribution in [1.29, 1.82) is 0 Å². The summed E-state index contributed by atoms with van der Waals surface area (Å²) in [5.41, 5.74) is 0. The van der Waals surface area contributed by atoms with Crippen LogP contribution in [0, 0.1) is 0 Å². The highest BCUT2D eigenvalue weighted by Gasteiger charge is 1.97. The number of carbonyl (C=O) groups is 1. The maximum absolute atomic E-state index is 10.3. The Labute approximate surface area is 172 Å². The van der Waals surface area contributed by atoms with Crippen LogP contribution in [0.5, 0.6) is 0 Å². The molecule has 0 bridgehead atoms. The third-order valence-corrected chi connectivity index (χ3v) is 5.27. The fourth-order valence-electron chi connectivity index (χ4n) is 2.74. The Kier molecular flexibility index (Phi) is 27.1. The summed E-state index contributed by atoms with van der Waals surface area (Å²) in [5.74, 6) is -0.653. The minimum absolute atomic E-state index is 0.345. The molecule has 2 radical (unpaired) electrons. The van der Waals surface area contributed by atoms with E-state index in [9.17, 15) is 4.79 Å². The second-order valence-corrected chi connectivity index (χ2v) is 7.72. The van der Waals surface area contributed by atoms with E-state index >= 15 is 0 Å². The number of carboxylic acids is 1. The monoisotopic (exact) mass is 384 g/mol. The zero-order valence-electron chi connectivity index (χ0n) is 17.9. The van der Waals surface area contributed by atoms with Gasteiger partial charge in [-0.3, -0.25) is 4.79 Å². The summed E-state index contributed by atoms with van der Waals surface area (Å²) in [5, 5.41) is 8.52. The largest absolute Gasteiger partial charge is 0.514 e. The van der Waals surface area contributed by atoms with Crippen LogP contribution in [0.15, 0.2) is 0 Å². The van der Waals surface area contributed by atoms with Crippen LogP contribution in [0.1, 0.15) is 130 Å². The molecule has 0 aliphatic rings. The van der Waals surface area contributed by atoms with Crippen molar-refractivity contribution in [2.75, 3.05) is 0 Å². The zero-order chi connectivity index (χ0) is 19.9. The van der Waals surface area contributed by atoms with Crippen LogP contribution in [0.4, 0.5) is 0 Å². The van der Waals surface area contributed by atoms with Crippen LogP contribution in [-0.4, -0.2) is 33.8 Å². The molecule has 0 aliphatic heterocycles. The first kappa shape index (κ1) is 28.2. The van der Waals surface area contributed by atoms with Gasteiger partial charge in [-0.2, -0.15) is 0 Å². The van der Waals surface area contributed by atoms with Gasteiger partial charge in [-0.25, -0.2) is 0 Å². The van der Waals surface area contributed by atoms with E-state index in [1.54, 1.807) is 0 Å². The highest BCUT2D eigenvalue weighted by molar-refractivity contribution is 5.98. The van der Waals surface area contributed by atoms with Gasteiger partial charge >= 0.3 is 22.6 Å². The number of unbranched alkanes of at least 4 members (excludes halogenated alkanes) is 14. The maximum Gasteiger partial charge on any atom is 0.369 e. The van der Waals surface area contributed by atoms with E-state index in [4.69, 9.17) is 8.90 Å². The Bertz CT molecular complexity index is 268. The van der Waals surface area contributed by atoms with Gasteiger partial charge in [0.2, 0.25) is 0 Å². The lowest BCUT2D eigenvalue weighted by Crippen LogP contribution is -2.01. The lowest BCUT2D eigenvalue weighted by molar-refractivity contribution is -0.137. The van der Waals surface area contributed by atoms with E-state index in [-0.39, 0.29) is 0 Å². The van der Waals surface area contributed by atoms with Gasteiger partial charge in [-0.1, -0.05) is 104 Å². The number of carboxylic acid groups (broad SMARTS) is 1. The summed E-state index contributed by atoms with van der Waals surface area (Å²) in [7, 11) is 0. The summed E-state index contributed by atoms with van der Waals surface area (Å²) in [6.07, 6.45) is 21.7. The van der Waals surface area contributed by atoms with E-state index in [0.717, 1.165) is 19.3 Å². The lowest BCUT2D eigenvalue weighted by Gasteiger charge is -2.04. The predicted molar refractivity (Wildman–Crippen MR) is 114 cm³/mol. The van der Waals surface area contributed by atoms with Gasteiger partial charge in [0.25, 0.3) is 0 Å². The zero-order valence-corrected chi connectivity index (χ0v) is 19.1. The molecule has 1 atom stereocenters. The molecule has 0 heterocycles. The van der Waals surface area contributed by atoms with E-state index in [1.165, 1.54) is 83.5 Å². The minimum Gasteiger partial charge on any atom is -0.514 e. The van der Waals surface area contributed by atoms with Crippen LogP contribution < -0.4 is 0 Å². The molecule has 154 valence electrons. The van der Waals surface area contributed by atoms with Crippen LogP contribution in [0.25, 0.3) is 0 Å². The van der Waals surface area contributed by atoms with Gasteiger partial charge in [-0.15, -0.1) is 0 Å². The molecule has 1 N–H and O–H groups in total. The summed E-state index contributed by atoms with van der Waals surface area (Å²) < 4.78 is 4.82. The molecule has 0 aliphatic carbocycles. The SMILES string of the molecule is CCC(C)[O][Al].CCCCCCCCCCCCCCCCCC(=O)O. The smallest absolute Gasteiger partial charge is 0.369 e. The van der Waals surface area contributed by atoms with Gasteiger partial charge in [0.05, 0.1) is 0 Å². The van der Waals surface area contributed by atoms with E-state index < -0.39 is 5.97 Å². The summed E-state index contributed by atoms with van der Waals surface area (Å²) in [6.45, 7) is 6.40. The minimum atomic E-state index is -0.653. The Morgan fingerprint density at radius 1 is 0.769 bits per heavy atom. The van der Waals surface area contributed by atoms with Crippen LogP contribution in [0.3, 0.4) is 0 Å². The van der Waals surface area contributed by atoms with Crippen molar-refractivity contribution in [1.82, 2.24) is 0 Å². The number of hydrogen-bond acceptors (Lipinski definition) is 2. The van der Waals surface area contributed by atoms with Crippen LogP contribution >= 0.6 is 0 Å². The molecule has 0 spiro atoms. The molecule has 26 heavy (non-hydrogen) atoms. The average Bonchev–Trinajstić information content (AvgIpc) is 2.64. The molecule has 0 saturated carbocycles. The van der Waals surface area contributed by atoms with Crippen LogP contribution in [-0.2, 0) is 8.58 Å². The van der Waals surface area contributed by atoms with E-state index in [1.807, 2.05) is 6.92 Å². The molecule has 0 rings (SSSR count). The van der Waals surface area contributed by atoms with Crippen molar-refractivity contribution in [2.24, 2.45) is 0 Å². The molecule has 3 nitrogen and oxygen atoms in total. The molecule has 0 aromatic rings. The maximum atomic E-state index is 10.3. The highest BCUT2D eigenvalue weighted by atomic mass is 27.1. The second kappa shape index (κ2) is 25.0. The molecule has 0 saturated heterocycles. The Morgan fingerprint density at radius 3 is 1.35 bits per heavy atom. The second-order valence-electron chi connectivity index (χ2n) is 7.45. The Morgan fingerprint density at radius 2 is 1.12 bits per heavy atom. The van der Waals surface area contributed by atoms with Crippen LogP contribution in [0.2, 0.25) is 0 Å². The number of hydrogen-bond donors (Lipinski definition) is 1. The lowest BCUT2D eigenvalue weighted by atomic mass is 10.0. The molecule has 0 fully saturated rings. The quantitative estimate of drug-likeness (QED) is 0.200. The van der Waals surface area contributed by atoms with Gasteiger partial charge < -0.3 is 8.90 Å². The third kappa shape index (κ3) is 28.8. The summed E-state index contributed by atoms with van der Waals surface area (Å²) >= 11 is 2.24. The summed E-state index contributed by atoms with van der Waals surface area (Å²) in [4.78, 5) is 10.3. The first-order valence-electron chi connectivity index (χ1n) is 11.2. The highest BCUT2D eigenvalue weighted by Crippen LogP contribution is 2.13. The molecular formula is C22H45AlO3. The molecule has 1 unspecified atom stereocenters. The molecule has 0 aromatic carbocycles. The van der Waals surface area contributed by atoms with Crippen molar-refractivity contribution < 1.29 is 13.7 Å². The molecule has 4 heteroatoms. The van der Waals surface area contributed by atoms with E-state index in [2.05, 4.69) is 30.5 Å². The number of rotatable bonds is 18. The topological polar surface area (TPSA) is 46.5 Å². The fourth-order valence-corrected chi connectivity index (χ4v) is 2.94. The van der Waals surface area contributed by atoms with Gasteiger partial charge in [0.15, 0.2) is 0 Å². The van der Waals surface area contributed by atoms with Crippen molar-refractivity contribution in [2.45, 2.75) is 136 Å². The predicted octanol–water partition coefficient (Wildman–Crippen LogP) is 7.22. The Balaban J connectivity index is 0. The first-order chi connectivity index (χ1) is 12.6. The van der Waals surface area contributed by atoms with Gasteiger partial charge in [0.1, 0.15) is 0 Å². The third-order valence-electron chi connectivity index (χ3n) is 4.80. The fraction of sp³-hybridized carbons (Fsp3) is 0.955. The Hall–Kier alpha value is -0.0375.